The number of aliphatic hydroxyl groups is 2. The van der Waals surface area contributed by atoms with Crippen molar-refractivity contribution in [1.82, 2.24) is 0 Å². The van der Waals surface area contributed by atoms with Gasteiger partial charge in [-0.1, -0.05) is 51.2 Å². The van der Waals surface area contributed by atoms with Gasteiger partial charge in [-0.3, -0.25) is 4.79 Å². The third kappa shape index (κ3) is 6.76. The molecule has 0 aliphatic heterocycles. The lowest BCUT2D eigenvalue weighted by Gasteiger charge is -2.26. The highest BCUT2D eigenvalue weighted by Gasteiger charge is 2.40. The van der Waals surface area contributed by atoms with Gasteiger partial charge in [0.05, 0.1) is 18.1 Å². The van der Waals surface area contributed by atoms with Crippen molar-refractivity contribution in [2.24, 2.45) is 23.7 Å². The summed E-state index contributed by atoms with van der Waals surface area (Å²) >= 11 is 6.50. The average molecular weight is 401 g/mol. The number of unbranched alkanes of at least 4 members (excludes halogenated alkanes) is 1. The summed E-state index contributed by atoms with van der Waals surface area (Å²) in [5, 5.41) is 30.2. The molecule has 0 heterocycles. The number of alkyl halides is 1. The van der Waals surface area contributed by atoms with Crippen LogP contribution in [0.3, 0.4) is 0 Å². The lowest BCUT2D eigenvalue weighted by molar-refractivity contribution is -0.142. The summed E-state index contributed by atoms with van der Waals surface area (Å²) in [6.45, 7) is 2.07. The van der Waals surface area contributed by atoms with Crippen LogP contribution in [0.25, 0.3) is 0 Å². The van der Waals surface area contributed by atoms with Crippen molar-refractivity contribution in [2.45, 2.75) is 95.1 Å². The molecule has 0 radical (unpaired) electrons. The zero-order valence-electron chi connectivity index (χ0n) is 16.6. The Kier molecular flexibility index (Phi) is 9.61. The van der Waals surface area contributed by atoms with E-state index in [1.807, 2.05) is 12.2 Å². The van der Waals surface area contributed by atoms with Crippen molar-refractivity contribution in [2.75, 3.05) is 0 Å². The average Bonchev–Trinajstić information content (AvgIpc) is 2.93. The van der Waals surface area contributed by atoms with Crippen LogP contribution in [0.4, 0.5) is 0 Å². The van der Waals surface area contributed by atoms with Crippen LogP contribution in [-0.4, -0.2) is 38.9 Å². The number of hydrogen-bond acceptors (Lipinski definition) is 3. The molecule has 0 aromatic rings. The minimum absolute atomic E-state index is 0.0694. The van der Waals surface area contributed by atoms with Gasteiger partial charge in [-0.15, -0.1) is 11.6 Å². The van der Waals surface area contributed by atoms with Crippen LogP contribution in [0.15, 0.2) is 12.2 Å². The molecule has 0 spiro atoms. The molecule has 2 aliphatic rings. The second-order valence-corrected chi connectivity index (χ2v) is 9.15. The highest BCUT2D eigenvalue weighted by molar-refractivity contribution is 6.21. The molecule has 0 amide bonds. The van der Waals surface area contributed by atoms with Gasteiger partial charge < -0.3 is 15.3 Å². The molecule has 27 heavy (non-hydrogen) atoms. The molecule has 1 unspecified atom stereocenters. The Morgan fingerprint density at radius 2 is 1.93 bits per heavy atom. The number of rotatable bonds is 10. The first-order valence-electron chi connectivity index (χ1n) is 10.8. The second kappa shape index (κ2) is 11.4. The van der Waals surface area contributed by atoms with Gasteiger partial charge in [0, 0.05) is 11.3 Å². The van der Waals surface area contributed by atoms with Gasteiger partial charge in [-0.05, 0) is 50.4 Å². The number of carboxylic acids is 1. The van der Waals surface area contributed by atoms with Crippen LogP contribution >= 0.6 is 11.6 Å². The van der Waals surface area contributed by atoms with Crippen molar-refractivity contribution in [3.05, 3.63) is 12.2 Å². The topological polar surface area (TPSA) is 77.8 Å². The van der Waals surface area contributed by atoms with E-state index in [1.54, 1.807) is 0 Å². The molecule has 2 saturated carbocycles. The van der Waals surface area contributed by atoms with Crippen LogP contribution in [0.1, 0.15) is 77.6 Å². The molecule has 156 valence electrons. The maximum atomic E-state index is 11.5. The van der Waals surface area contributed by atoms with Crippen LogP contribution < -0.4 is 0 Å². The van der Waals surface area contributed by atoms with Gasteiger partial charge in [0.15, 0.2) is 0 Å². The minimum atomic E-state index is -0.729. The molecule has 4 nitrogen and oxygen atoms in total. The molecular formula is C22H37ClO4. The molecule has 0 aromatic heterocycles. The van der Waals surface area contributed by atoms with Crippen LogP contribution in [0.2, 0.25) is 0 Å². The van der Waals surface area contributed by atoms with E-state index < -0.39 is 18.2 Å². The largest absolute Gasteiger partial charge is 0.481 e. The summed E-state index contributed by atoms with van der Waals surface area (Å²) in [5.74, 6) is -0.757. The molecule has 5 heteroatoms. The Morgan fingerprint density at radius 1 is 1.22 bits per heavy atom. The van der Waals surface area contributed by atoms with Crippen molar-refractivity contribution in [3.8, 4) is 0 Å². The monoisotopic (exact) mass is 400 g/mol. The first-order valence-corrected chi connectivity index (χ1v) is 11.3. The van der Waals surface area contributed by atoms with Crippen LogP contribution in [0.5, 0.6) is 0 Å². The van der Waals surface area contributed by atoms with E-state index >= 15 is 0 Å². The highest BCUT2D eigenvalue weighted by Crippen LogP contribution is 2.41. The maximum Gasteiger partial charge on any atom is 0.306 e. The number of halogens is 1. The third-order valence-electron chi connectivity index (χ3n) is 6.64. The van der Waals surface area contributed by atoms with Gasteiger partial charge in [0.25, 0.3) is 0 Å². The van der Waals surface area contributed by atoms with E-state index in [0.29, 0.717) is 31.6 Å². The van der Waals surface area contributed by atoms with Gasteiger partial charge in [-0.25, -0.2) is 0 Å². The van der Waals surface area contributed by atoms with E-state index in [4.69, 9.17) is 11.6 Å². The molecule has 6 atom stereocenters. The van der Waals surface area contributed by atoms with Crippen molar-refractivity contribution in [1.29, 1.82) is 0 Å². The summed E-state index contributed by atoms with van der Waals surface area (Å²) in [4.78, 5) is 11.5. The summed E-state index contributed by atoms with van der Waals surface area (Å²) in [7, 11) is 0. The fraction of sp³-hybridized carbons (Fsp3) is 0.864. The Balaban J connectivity index is 1.94. The predicted molar refractivity (Wildman–Crippen MR) is 109 cm³/mol. The first-order chi connectivity index (χ1) is 12.9. The van der Waals surface area contributed by atoms with Gasteiger partial charge >= 0.3 is 5.97 Å². The summed E-state index contributed by atoms with van der Waals surface area (Å²) in [6, 6.07) is 0. The van der Waals surface area contributed by atoms with E-state index in [9.17, 15) is 20.1 Å². The third-order valence-corrected chi connectivity index (χ3v) is 7.14. The lowest BCUT2D eigenvalue weighted by atomic mass is 9.83. The van der Waals surface area contributed by atoms with E-state index in [-0.39, 0.29) is 23.1 Å². The van der Waals surface area contributed by atoms with Crippen LogP contribution in [0, 0.1) is 23.7 Å². The molecule has 0 bridgehead atoms. The first kappa shape index (κ1) is 22.7. The van der Waals surface area contributed by atoms with Gasteiger partial charge in [0.2, 0.25) is 0 Å². The standard InChI is InChI=1S/C22H37ClO4/c1-2-3-7-16(22(26)27)10-11-17-18(21(25)14-19(17)23)12-13-20(24)15-8-5-4-6-9-15/h12-13,15-21,24-25H,2-11,14H2,1H3,(H,26,27)/b13-12+/t16?,17-,18+,19+,20+,21-/m1/s1. The molecule has 0 aromatic carbocycles. The van der Waals surface area contributed by atoms with Crippen LogP contribution in [-0.2, 0) is 4.79 Å². The molecule has 2 rings (SSSR count). The minimum Gasteiger partial charge on any atom is -0.481 e. The van der Waals surface area contributed by atoms with Gasteiger partial charge in [-0.2, -0.15) is 0 Å². The SMILES string of the molecule is CCCCC(CC[C@@H]1[C@H](/C=C/[C@H](O)C2CCCCC2)[C@H](O)C[C@@H]1Cl)C(=O)O. The Hall–Kier alpha value is -0.580. The zero-order valence-corrected chi connectivity index (χ0v) is 17.4. The Morgan fingerprint density at radius 3 is 2.56 bits per heavy atom. The summed E-state index contributed by atoms with van der Waals surface area (Å²) in [6.07, 6.45) is 13.1. The normalized spacial score (nSPS) is 32.0. The number of carboxylic acid groups (broad SMARTS) is 1. The molecule has 2 aliphatic carbocycles. The van der Waals surface area contributed by atoms with E-state index in [2.05, 4.69) is 6.92 Å². The van der Waals surface area contributed by atoms with Crippen molar-refractivity contribution >= 4 is 17.6 Å². The number of hydrogen-bond donors (Lipinski definition) is 3. The maximum absolute atomic E-state index is 11.5. The smallest absolute Gasteiger partial charge is 0.306 e. The lowest BCUT2D eigenvalue weighted by Crippen LogP contribution is -2.24. The predicted octanol–water partition coefficient (Wildman–Crippen LogP) is 4.76. The molecule has 3 N–H and O–H groups in total. The fourth-order valence-corrected chi connectivity index (χ4v) is 5.32. The van der Waals surface area contributed by atoms with Crippen molar-refractivity contribution in [3.63, 3.8) is 0 Å². The summed E-state index contributed by atoms with van der Waals surface area (Å²) < 4.78 is 0. The number of aliphatic carboxylic acids is 1. The quantitative estimate of drug-likeness (QED) is 0.365. The Labute approximate surface area is 169 Å². The molecular weight excluding hydrogens is 364 g/mol. The molecule has 0 saturated heterocycles. The molecule has 2 fully saturated rings. The second-order valence-electron chi connectivity index (χ2n) is 8.59. The number of carbonyl (C=O) groups is 1. The Bertz CT molecular complexity index is 475. The van der Waals surface area contributed by atoms with E-state index in [0.717, 1.165) is 25.7 Å². The van der Waals surface area contributed by atoms with Gasteiger partial charge in [0.1, 0.15) is 0 Å². The number of aliphatic hydroxyl groups excluding tert-OH is 2. The fourth-order valence-electron chi connectivity index (χ4n) is 4.84. The van der Waals surface area contributed by atoms with E-state index in [1.165, 1.54) is 19.3 Å². The summed E-state index contributed by atoms with van der Waals surface area (Å²) in [5.41, 5.74) is 0. The highest BCUT2D eigenvalue weighted by atomic mass is 35.5. The zero-order chi connectivity index (χ0) is 19.8. The van der Waals surface area contributed by atoms with Crippen molar-refractivity contribution < 1.29 is 20.1 Å².